The minimum absolute atomic E-state index is 0. The van der Waals surface area contributed by atoms with E-state index in [1.54, 1.807) is 7.11 Å². The molecule has 1 saturated heterocycles. The molecule has 1 aliphatic rings. The highest BCUT2D eigenvalue weighted by Crippen LogP contribution is 2.30. The number of halogens is 1. The summed E-state index contributed by atoms with van der Waals surface area (Å²) in [7, 11) is 5.77. The second kappa shape index (κ2) is 9.07. The van der Waals surface area contributed by atoms with Crippen LogP contribution in [0.25, 0.3) is 0 Å². The summed E-state index contributed by atoms with van der Waals surface area (Å²) >= 11 is 0. The number of nitrogens with zero attached hydrogens (tertiary/aromatic N) is 3. The maximum Gasteiger partial charge on any atom is 0.193 e. The lowest BCUT2D eigenvalue weighted by molar-refractivity contribution is 0.415. The van der Waals surface area contributed by atoms with Crippen LogP contribution >= 0.6 is 24.0 Å². The molecule has 0 bridgehead atoms. The Bertz CT molecular complexity index is 493. The number of anilines is 1. The maximum atomic E-state index is 5.46. The van der Waals surface area contributed by atoms with Gasteiger partial charge >= 0.3 is 0 Å². The van der Waals surface area contributed by atoms with Gasteiger partial charge in [0.25, 0.3) is 0 Å². The average molecular weight is 418 g/mol. The number of benzene rings is 1. The number of rotatable bonds is 4. The van der Waals surface area contributed by atoms with E-state index in [0.717, 1.165) is 37.8 Å². The van der Waals surface area contributed by atoms with Crippen LogP contribution in [-0.4, -0.2) is 57.7 Å². The SMILES string of the molecule is CCN=C(NC1CCN(c2ccccc2OC)C1)N(C)C.I. The van der Waals surface area contributed by atoms with E-state index < -0.39 is 0 Å². The predicted molar refractivity (Wildman–Crippen MR) is 104 cm³/mol. The van der Waals surface area contributed by atoms with E-state index in [-0.39, 0.29) is 24.0 Å². The lowest BCUT2D eigenvalue weighted by Crippen LogP contribution is -2.44. The van der Waals surface area contributed by atoms with Gasteiger partial charge in [-0.1, -0.05) is 12.1 Å². The van der Waals surface area contributed by atoms with Crippen molar-refractivity contribution in [3.63, 3.8) is 0 Å². The third kappa shape index (κ3) is 4.66. The maximum absolute atomic E-state index is 5.46. The molecule has 1 heterocycles. The van der Waals surface area contributed by atoms with Crippen molar-refractivity contribution in [2.75, 3.05) is 45.7 Å². The van der Waals surface area contributed by atoms with Gasteiger partial charge < -0.3 is 19.9 Å². The van der Waals surface area contributed by atoms with E-state index in [1.807, 2.05) is 31.1 Å². The molecule has 1 unspecified atom stereocenters. The molecule has 6 heteroatoms. The first kappa shape index (κ1) is 18.9. The topological polar surface area (TPSA) is 40.1 Å². The van der Waals surface area contributed by atoms with Crippen molar-refractivity contribution in [3.8, 4) is 5.75 Å². The first-order valence-electron chi connectivity index (χ1n) is 7.52. The first-order chi connectivity index (χ1) is 10.2. The van der Waals surface area contributed by atoms with Crippen LogP contribution in [-0.2, 0) is 0 Å². The molecule has 22 heavy (non-hydrogen) atoms. The number of hydrogen-bond donors (Lipinski definition) is 1. The second-order valence-corrected chi connectivity index (χ2v) is 5.44. The molecule has 1 aliphatic heterocycles. The average Bonchev–Trinajstić information content (AvgIpc) is 2.95. The van der Waals surface area contributed by atoms with Crippen LogP contribution in [0.4, 0.5) is 5.69 Å². The van der Waals surface area contributed by atoms with Crippen molar-refractivity contribution in [1.82, 2.24) is 10.2 Å². The van der Waals surface area contributed by atoms with Crippen LogP contribution in [0.1, 0.15) is 13.3 Å². The standard InChI is InChI=1S/C16H26N4O.HI/c1-5-17-16(19(2)3)18-13-10-11-20(12-13)14-8-6-7-9-15(14)21-4;/h6-9,13H,5,10-12H2,1-4H3,(H,17,18);1H. The lowest BCUT2D eigenvalue weighted by Gasteiger charge is -2.23. The number of hydrogen-bond acceptors (Lipinski definition) is 3. The van der Waals surface area contributed by atoms with Gasteiger partial charge in [0.1, 0.15) is 5.75 Å². The Morgan fingerprint density at radius 1 is 1.41 bits per heavy atom. The molecular formula is C16H27IN4O. The van der Waals surface area contributed by atoms with Gasteiger partial charge in [-0.3, -0.25) is 4.99 Å². The van der Waals surface area contributed by atoms with Gasteiger partial charge in [0.05, 0.1) is 12.8 Å². The van der Waals surface area contributed by atoms with Gasteiger partial charge in [-0.15, -0.1) is 24.0 Å². The van der Waals surface area contributed by atoms with Gasteiger partial charge in [0.15, 0.2) is 5.96 Å². The van der Waals surface area contributed by atoms with Crippen LogP contribution in [0.15, 0.2) is 29.3 Å². The Hall–Kier alpha value is -1.18. The van der Waals surface area contributed by atoms with Crippen LogP contribution in [0.5, 0.6) is 5.75 Å². The molecule has 0 amide bonds. The van der Waals surface area contributed by atoms with E-state index in [9.17, 15) is 0 Å². The number of aliphatic imine (C=N–C) groups is 1. The highest BCUT2D eigenvalue weighted by molar-refractivity contribution is 14.0. The summed E-state index contributed by atoms with van der Waals surface area (Å²) in [5, 5.41) is 3.55. The molecule has 1 N–H and O–H groups in total. The minimum atomic E-state index is 0. The van der Waals surface area contributed by atoms with Gasteiger partial charge in [-0.25, -0.2) is 0 Å². The smallest absolute Gasteiger partial charge is 0.193 e. The van der Waals surface area contributed by atoms with Gasteiger partial charge in [-0.05, 0) is 25.5 Å². The van der Waals surface area contributed by atoms with E-state index in [0.29, 0.717) is 6.04 Å². The summed E-state index contributed by atoms with van der Waals surface area (Å²) in [5.74, 6) is 1.90. The van der Waals surface area contributed by atoms with Crippen molar-refractivity contribution in [2.24, 2.45) is 4.99 Å². The first-order valence-corrected chi connectivity index (χ1v) is 7.52. The summed E-state index contributed by atoms with van der Waals surface area (Å²) in [6.45, 7) is 4.85. The zero-order valence-corrected chi connectivity index (χ0v) is 16.2. The lowest BCUT2D eigenvalue weighted by atomic mass is 10.2. The second-order valence-electron chi connectivity index (χ2n) is 5.44. The molecule has 124 valence electrons. The molecule has 0 saturated carbocycles. The highest BCUT2D eigenvalue weighted by atomic mass is 127. The minimum Gasteiger partial charge on any atom is -0.495 e. The van der Waals surface area contributed by atoms with E-state index in [4.69, 9.17) is 4.74 Å². The van der Waals surface area contributed by atoms with E-state index in [2.05, 4.69) is 34.3 Å². The fourth-order valence-corrected chi connectivity index (χ4v) is 2.64. The summed E-state index contributed by atoms with van der Waals surface area (Å²) in [6.07, 6.45) is 1.11. The Balaban J connectivity index is 0.00000242. The van der Waals surface area contributed by atoms with E-state index >= 15 is 0 Å². The highest BCUT2D eigenvalue weighted by Gasteiger charge is 2.25. The van der Waals surface area contributed by atoms with E-state index in [1.165, 1.54) is 5.69 Å². The fraction of sp³-hybridized carbons (Fsp3) is 0.562. The summed E-state index contributed by atoms with van der Waals surface area (Å²) in [4.78, 5) is 8.91. The van der Waals surface area contributed by atoms with Crippen LogP contribution in [0.2, 0.25) is 0 Å². The Morgan fingerprint density at radius 3 is 2.77 bits per heavy atom. The molecule has 0 radical (unpaired) electrons. The molecular weight excluding hydrogens is 391 g/mol. The predicted octanol–water partition coefficient (Wildman–Crippen LogP) is 2.42. The normalized spacial score (nSPS) is 17.9. The van der Waals surface area contributed by atoms with Crippen molar-refractivity contribution in [2.45, 2.75) is 19.4 Å². The monoisotopic (exact) mass is 418 g/mol. The Kier molecular flexibility index (Phi) is 7.78. The third-order valence-electron chi connectivity index (χ3n) is 3.68. The van der Waals surface area contributed by atoms with Crippen LogP contribution < -0.4 is 15.0 Å². The molecule has 0 aliphatic carbocycles. The molecule has 1 aromatic carbocycles. The number of nitrogens with one attached hydrogen (secondary N) is 1. The summed E-state index contributed by atoms with van der Waals surface area (Å²) < 4.78 is 5.46. The van der Waals surface area contributed by atoms with Crippen LogP contribution in [0.3, 0.4) is 0 Å². The third-order valence-corrected chi connectivity index (χ3v) is 3.68. The number of para-hydroxylation sites is 2. The van der Waals surface area contributed by atoms with Crippen LogP contribution in [0, 0.1) is 0 Å². The Morgan fingerprint density at radius 2 is 2.14 bits per heavy atom. The molecule has 2 rings (SSSR count). The number of methoxy groups -OCH3 is 1. The fourth-order valence-electron chi connectivity index (χ4n) is 2.64. The van der Waals surface area contributed by atoms with Crippen molar-refractivity contribution in [3.05, 3.63) is 24.3 Å². The molecule has 1 aromatic rings. The molecule has 1 fully saturated rings. The molecule has 0 spiro atoms. The zero-order chi connectivity index (χ0) is 15.2. The largest absolute Gasteiger partial charge is 0.495 e. The number of ether oxygens (including phenoxy) is 1. The zero-order valence-electron chi connectivity index (χ0n) is 13.9. The Labute approximate surface area is 150 Å². The van der Waals surface area contributed by atoms with Crippen molar-refractivity contribution in [1.29, 1.82) is 0 Å². The molecule has 1 atom stereocenters. The van der Waals surface area contributed by atoms with Crippen molar-refractivity contribution < 1.29 is 4.74 Å². The summed E-state index contributed by atoms with van der Waals surface area (Å²) in [6, 6.07) is 8.62. The molecule has 5 nitrogen and oxygen atoms in total. The summed E-state index contributed by atoms with van der Waals surface area (Å²) in [5.41, 5.74) is 1.17. The number of guanidine groups is 1. The van der Waals surface area contributed by atoms with Gasteiger partial charge in [-0.2, -0.15) is 0 Å². The van der Waals surface area contributed by atoms with Crippen molar-refractivity contribution >= 4 is 35.6 Å². The van der Waals surface area contributed by atoms with Gasteiger partial charge in [0.2, 0.25) is 0 Å². The van der Waals surface area contributed by atoms with Gasteiger partial charge in [0, 0.05) is 39.8 Å². The molecule has 0 aromatic heterocycles. The quantitative estimate of drug-likeness (QED) is 0.463.